The smallest absolute Gasteiger partial charge is 0.170 e. The Hall–Kier alpha value is -1.33. The zero-order chi connectivity index (χ0) is 14.4. The maximum atomic E-state index is 13.6. The van der Waals surface area contributed by atoms with Crippen molar-refractivity contribution in [3.63, 3.8) is 0 Å². The third kappa shape index (κ3) is 4.36. The summed E-state index contributed by atoms with van der Waals surface area (Å²) in [6, 6.07) is 1.93. The fourth-order valence-electron chi connectivity index (χ4n) is 1.66. The SMILES string of the molecule is CCOC(CC(=O)c1cc(F)c(C)cc1F)OCC. The minimum atomic E-state index is -0.730. The summed E-state index contributed by atoms with van der Waals surface area (Å²) in [6.07, 6.45) is -0.868. The van der Waals surface area contributed by atoms with Crippen LogP contribution in [0.5, 0.6) is 0 Å². The first-order valence-electron chi connectivity index (χ1n) is 6.21. The summed E-state index contributed by atoms with van der Waals surface area (Å²) in [6.45, 7) is 5.73. The van der Waals surface area contributed by atoms with Gasteiger partial charge in [0.05, 0.1) is 12.0 Å². The van der Waals surface area contributed by atoms with Gasteiger partial charge in [-0.25, -0.2) is 8.78 Å². The molecule has 0 amide bonds. The van der Waals surface area contributed by atoms with E-state index < -0.39 is 23.7 Å². The molecule has 1 rings (SSSR count). The first-order chi connectivity index (χ1) is 8.99. The van der Waals surface area contributed by atoms with E-state index in [0.717, 1.165) is 12.1 Å². The highest BCUT2D eigenvalue weighted by atomic mass is 19.1. The van der Waals surface area contributed by atoms with Gasteiger partial charge in [-0.1, -0.05) is 0 Å². The molecule has 1 aromatic carbocycles. The van der Waals surface area contributed by atoms with Crippen LogP contribution in [0, 0.1) is 18.6 Å². The van der Waals surface area contributed by atoms with Crippen molar-refractivity contribution in [1.82, 2.24) is 0 Å². The van der Waals surface area contributed by atoms with E-state index in [4.69, 9.17) is 9.47 Å². The van der Waals surface area contributed by atoms with Crippen LogP contribution < -0.4 is 0 Å². The van der Waals surface area contributed by atoms with Crippen molar-refractivity contribution in [2.24, 2.45) is 0 Å². The Morgan fingerprint density at radius 2 is 1.74 bits per heavy atom. The lowest BCUT2D eigenvalue weighted by Gasteiger charge is -2.16. The average Bonchev–Trinajstić information content (AvgIpc) is 2.34. The van der Waals surface area contributed by atoms with Gasteiger partial charge < -0.3 is 9.47 Å². The summed E-state index contributed by atoms with van der Waals surface area (Å²) < 4.78 is 37.4. The average molecular weight is 272 g/mol. The minimum Gasteiger partial charge on any atom is -0.352 e. The number of ether oxygens (including phenoxy) is 2. The molecule has 0 aliphatic heterocycles. The van der Waals surface area contributed by atoms with Gasteiger partial charge in [-0.15, -0.1) is 0 Å². The molecule has 0 aromatic heterocycles. The topological polar surface area (TPSA) is 35.5 Å². The van der Waals surface area contributed by atoms with Crippen LogP contribution in [0.2, 0.25) is 0 Å². The van der Waals surface area contributed by atoms with Crippen LogP contribution in [0.25, 0.3) is 0 Å². The van der Waals surface area contributed by atoms with E-state index in [2.05, 4.69) is 0 Å². The van der Waals surface area contributed by atoms with Crippen molar-refractivity contribution >= 4 is 5.78 Å². The molecular formula is C14H18F2O3. The molecule has 0 atom stereocenters. The lowest BCUT2D eigenvalue weighted by atomic mass is 10.0. The van der Waals surface area contributed by atoms with Crippen LogP contribution in [0.4, 0.5) is 8.78 Å². The highest BCUT2D eigenvalue weighted by Gasteiger charge is 2.19. The lowest BCUT2D eigenvalue weighted by molar-refractivity contribution is -0.133. The number of rotatable bonds is 7. The molecule has 0 spiro atoms. The van der Waals surface area contributed by atoms with Gasteiger partial charge in [0.1, 0.15) is 11.6 Å². The van der Waals surface area contributed by atoms with Crippen LogP contribution in [0.3, 0.4) is 0 Å². The third-order valence-corrected chi connectivity index (χ3v) is 2.61. The molecule has 0 bridgehead atoms. The number of benzene rings is 1. The number of Topliss-reactive ketones (excluding diaryl/α,β-unsaturated/α-hetero) is 1. The van der Waals surface area contributed by atoms with Gasteiger partial charge in [0, 0.05) is 13.2 Å². The van der Waals surface area contributed by atoms with Crippen LogP contribution in [-0.4, -0.2) is 25.3 Å². The largest absolute Gasteiger partial charge is 0.352 e. The number of carbonyl (C=O) groups excluding carboxylic acids is 1. The molecule has 0 aliphatic rings. The second-order valence-corrected chi connectivity index (χ2v) is 4.05. The first kappa shape index (κ1) is 15.7. The fourth-order valence-corrected chi connectivity index (χ4v) is 1.66. The van der Waals surface area contributed by atoms with E-state index in [1.54, 1.807) is 13.8 Å². The molecule has 0 fully saturated rings. The third-order valence-electron chi connectivity index (χ3n) is 2.61. The summed E-state index contributed by atoms with van der Waals surface area (Å²) >= 11 is 0. The quantitative estimate of drug-likeness (QED) is 0.564. The van der Waals surface area contributed by atoms with Crippen molar-refractivity contribution in [3.05, 3.63) is 34.9 Å². The van der Waals surface area contributed by atoms with Crippen molar-refractivity contribution in [2.45, 2.75) is 33.5 Å². The Kier molecular flexibility index (Phi) is 6.05. The van der Waals surface area contributed by atoms with Gasteiger partial charge in [0.25, 0.3) is 0 Å². The first-order valence-corrected chi connectivity index (χ1v) is 6.21. The van der Waals surface area contributed by atoms with Crippen LogP contribution in [-0.2, 0) is 9.47 Å². The summed E-state index contributed by atoms with van der Waals surface area (Å²) in [4.78, 5) is 11.9. The minimum absolute atomic E-state index is 0.138. The second kappa shape index (κ2) is 7.31. The predicted octanol–water partition coefficient (Wildman–Crippen LogP) is 3.25. The molecule has 0 radical (unpaired) electrons. The normalized spacial score (nSPS) is 11.1. The Balaban J connectivity index is 2.84. The number of ketones is 1. The van der Waals surface area contributed by atoms with Gasteiger partial charge >= 0.3 is 0 Å². The standard InChI is InChI=1S/C14H18F2O3/c1-4-18-14(19-5-2)8-13(17)10-7-11(15)9(3)6-12(10)16/h6-7,14H,4-5,8H2,1-3H3. The number of hydrogen-bond acceptors (Lipinski definition) is 3. The summed E-state index contributed by atoms with van der Waals surface area (Å²) in [7, 11) is 0. The van der Waals surface area contributed by atoms with E-state index in [1.165, 1.54) is 6.92 Å². The molecule has 0 N–H and O–H groups in total. The molecule has 0 saturated heterocycles. The molecule has 1 aromatic rings. The van der Waals surface area contributed by atoms with Crippen LogP contribution >= 0.6 is 0 Å². The lowest BCUT2D eigenvalue weighted by Crippen LogP contribution is -2.22. The predicted molar refractivity (Wildman–Crippen MR) is 67.1 cm³/mol. The van der Waals surface area contributed by atoms with E-state index >= 15 is 0 Å². The summed E-state index contributed by atoms with van der Waals surface area (Å²) in [5.74, 6) is -1.87. The number of aryl methyl sites for hydroxylation is 1. The number of carbonyl (C=O) groups is 1. The van der Waals surface area contributed by atoms with Gasteiger partial charge in [-0.2, -0.15) is 0 Å². The van der Waals surface area contributed by atoms with E-state index in [-0.39, 0.29) is 17.5 Å². The Bertz CT molecular complexity index is 441. The molecule has 106 valence electrons. The Morgan fingerprint density at radius 3 is 2.26 bits per heavy atom. The highest BCUT2D eigenvalue weighted by Crippen LogP contribution is 2.17. The summed E-state index contributed by atoms with van der Waals surface area (Å²) in [5, 5.41) is 0. The van der Waals surface area contributed by atoms with Gasteiger partial charge in [0.15, 0.2) is 12.1 Å². The zero-order valence-corrected chi connectivity index (χ0v) is 11.3. The van der Waals surface area contributed by atoms with E-state index in [9.17, 15) is 13.6 Å². The van der Waals surface area contributed by atoms with Crippen LogP contribution in [0.1, 0.15) is 36.2 Å². The molecule has 19 heavy (non-hydrogen) atoms. The number of halogens is 2. The molecule has 0 heterocycles. The molecular weight excluding hydrogens is 254 g/mol. The van der Waals surface area contributed by atoms with Gasteiger partial charge in [-0.3, -0.25) is 4.79 Å². The van der Waals surface area contributed by atoms with Crippen molar-refractivity contribution in [3.8, 4) is 0 Å². The van der Waals surface area contributed by atoms with Crippen molar-refractivity contribution < 1.29 is 23.0 Å². The second-order valence-electron chi connectivity index (χ2n) is 4.05. The Labute approximate surface area is 111 Å². The van der Waals surface area contributed by atoms with Crippen molar-refractivity contribution in [1.29, 1.82) is 0 Å². The van der Waals surface area contributed by atoms with Crippen molar-refractivity contribution in [2.75, 3.05) is 13.2 Å². The number of hydrogen-bond donors (Lipinski definition) is 0. The molecule has 0 aliphatic carbocycles. The van der Waals surface area contributed by atoms with Crippen LogP contribution in [0.15, 0.2) is 12.1 Å². The maximum absolute atomic E-state index is 13.6. The van der Waals surface area contributed by atoms with E-state index in [0.29, 0.717) is 13.2 Å². The highest BCUT2D eigenvalue weighted by molar-refractivity contribution is 5.96. The molecule has 0 unspecified atom stereocenters. The fraction of sp³-hybridized carbons (Fsp3) is 0.500. The zero-order valence-electron chi connectivity index (χ0n) is 11.3. The van der Waals surface area contributed by atoms with E-state index in [1.807, 2.05) is 0 Å². The van der Waals surface area contributed by atoms with Gasteiger partial charge in [0.2, 0.25) is 0 Å². The summed E-state index contributed by atoms with van der Waals surface area (Å²) in [5.41, 5.74) is -0.104. The Morgan fingerprint density at radius 1 is 1.16 bits per heavy atom. The monoisotopic (exact) mass is 272 g/mol. The van der Waals surface area contributed by atoms with Gasteiger partial charge in [-0.05, 0) is 38.5 Å². The maximum Gasteiger partial charge on any atom is 0.170 e. The molecule has 3 nitrogen and oxygen atoms in total. The molecule has 5 heteroatoms. The molecule has 0 saturated carbocycles.